The minimum Gasteiger partial charge on any atom is -0.300 e. The van der Waals surface area contributed by atoms with Crippen LogP contribution in [0, 0.1) is 0 Å². The molecule has 0 aromatic heterocycles. The van der Waals surface area contributed by atoms with Crippen LogP contribution in [0.25, 0.3) is 0 Å². The molecule has 2 fully saturated rings. The molecule has 1 aliphatic carbocycles. The molecule has 5 heteroatoms. The highest BCUT2D eigenvalue weighted by Crippen LogP contribution is 2.32. The number of hydrogen-bond acceptors (Lipinski definition) is 3. The van der Waals surface area contributed by atoms with E-state index in [4.69, 9.17) is 0 Å². The molecule has 1 unspecified atom stereocenters. The van der Waals surface area contributed by atoms with Gasteiger partial charge in [0.2, 0.25) is 10.0 Å². The third-order valence-corrected chi connectivity index (χ3v) is 6.72. The number of nitrogens with zero attached hydrogens (tertiary/aromatic N) is 2. The number of rotatable bonds is 4. The Hall–Kier alpha value is -0.910. The van der Waals surface area contributed by atoms with Gasteiger partial charge < -0.3 is 4.90 Å². The first-order valence-electron chi connectivity index (χ1n) is 7.30. The highest BCUT2D eigenvalue weighted by molar-refractivity contribution is 7.90. The Morgan fingerprint density at radius 3 is 2.50 bits per heavy atom. The van der Waals surface area contributed by atoms with Gasteiger partial charge in [-0.05, 0) is 31.9 Å². The second-order valence-electron chi connectivity index (χ2n) is 5.93. The van der Waals surface area contributed by atoms with Crippen molar-refractivity contribution in [2.24, 2.45) is 0 Å². The van der Waals surface area contributed by atoms with Gasteiger partial charge in [0.25, 0.3) is 0 Å². The zero-order valence-electron chi connectivity index (χ0n) is 11.9. The molecule has 20 heavy (non-hydrogen) atoms. The zero-order valence-corrected chi connectivity index (χ0v) is 12.7. The Morgan fingerprint density at radius 2 is 1.85 bits per heavy atom. The molecule has 4 nitrogen and oxygen atoms in total. The molecular weight excluding hydrogens is 272 g/mol. The first-order chi connectivity index (χ1) is 9.57. The highest BCUT2D eigenvalue weighted by atomic mass is 32.2. The van der Waals surface area contributed by atoms with Crippen LogP contribution in [0.2, 0.25) is 0 Å². The van der Waals surface area contributed by atoms with Gasteiger partial charge in [-0.15, -0.1) is 0 Å². The summed E-state index contributed by atoms with van der Waals surface area (Å²) in [6.45, 7) is 2.09. The predicted molar refractivity (Wildman–Crippen MR) is 80.1 cm³/mol. The molecule has 1 aliphatic heterocycles. The molecule has 1 atom stereocenters. The number of benzene rings is 1. The lowest BCUT2D eigenvalue weighted by Gasteiger charge is -2.39. The van der Waals surface area contributed by atoms with Crippen LogP contribution in [0.15, 0.2) is 30.3 Å². The van der Waals surface area contributed by atoms with Crippen LogP contribution in [0.4, 0.5) is 0 Å². The average Bonchev–Trinajstić information content (AvgIpc) is 3.27. The van der Waals surface area contributed by atoms with Crippen molar-refractivity contribution < 1.29 is 8.42 Å². The maximum absolute atomic E-state index is 12.4. The molecule has 2 aliphatic rings. The maximum atomic E-state index is 12.4. The first-order valence-corrected chi connectivity index (χ1v) is 8.81. The quantitative estimate of drug-likeness (QED) is 0.841. The Bertz CT molecular complexity index is 554. The molecular formula is C15H22N2O2S. The van der Waals surface area contributed by atoms with Crippen LogP contribution >= 0.6 is 0 Å². The van der Waals surface area contributed by atoms with Crippen molar-refractivity contribution in [1.29, 1.82) is 0 Å². The fraction of sp³-hybridized carbons (Fsp3) is 0.600. The monoisotopic (exact) mass is 294 g/mol. The maximum Gasteiger partial charge on any atom is 0.217 e. The molecule has 0 spiro atoms. The van der Waals surface area contributed by atoms with E-state index < -0.39 is 10.0 Å². The smallest absolute Gasteiger partial charge is 0.217 e. The molecule has 1 heterocycles. The van der Waals surface area contributed by atoms with Crippen molar-refractivity contribution in [3.8, 4) is 0 Å². The molecule has 0 bridgehead atoms. The standard InChI is InChI=1S/C15H22N2O2S/c1-16-9-10-17(20(18,19)15-7-8-15)12-14(16)11-13-5-3-2-4-6-13/h2-6,14-15H,7-12H2,1H3. The van der Waals surface area contributed by atoms with Gasteiger partial charge >= 0.3 is 0 Å². The molecule has 0 N–H and O–H groups in total. The minimum atomic E-state index is -3.03. The van der Waals surface area contributed by atoms with Crippen LogP contribution < -0.4 is 0 Å². The zero-order chi connectivity index (χ0) is 14.2. The van der Waals surface area contributed by atoms with E-state index in [0.717, 1.165) is 25.8 Å². The summed E-state index contributed by atoms with van der Waals surface area (Å²) < 4.78 is 26.4. The molecule has 1 aromatic rings. The molecule has 1 aromatic carbocycles. The van der Waals surface area contributed by atoms with Crippen molar-refractivity contribution >= 4 is 10.0 Å². The van der Waals surface area contributed by atoms with Gasteiger partial charge in [0.1, 0.15) is 0 Å². The summed E-state index contributed by atoms with van der Waals surface area (Å²) in [5.74, 6) is 0. The Labute approximate surface area is 121 Å². The van der Waals surface area contributed by atoms with E-state index in [1.807, 2.05) is 18.2 Å². The van der Waals surface area contributed by atoms with E-state index in [1.165, 1.54) is 5.56 Å². The summed E-state index contributed by atoms with van der Waals surface area (Å²) in [5, 5.41) is -0.0942. The van der Waals surface area contributed by atoms with Crippen molar-refractivity contribution in [1.82, 2.24) is 9.21 Å². The topological polar surface area (TPSA) is 40.6 Å². The van der Waals surface area contributed by atoms with Gasteiger partial charge in [-0.25, -0.2) is 8.42 Å². The van der Waals surface area contributed by atoms with Crippen LogP contribution in [-0.2, 0) is 16.4 Å². The molecule has 1 saturated carbocycles. The van der Waals surface area contributed by atoms with E-state index in [2.05, 4.69) is 24.1 Å². The number of hydrogen-bond donors (Lipinski definition) is 0. The van der Waals surface area contributed by atoms with Gasteiger partial charge in [0, 0.05) is 25.7 Å². The molecule has 0 radical (unpaired) electrons. The highest BCUT2D eigenvalue weighted by Gasteiger charge is 2.42. The second-order valence-corrected chi connectivity index (χ2v) is 8.14. The fourth-order valence-corrected chi connectivity index (χ4v) is 4.70. The van der Waals surface area contributed by atoms with Crippen LogP contribution in [0.5, 0.6) is 0 Å². The fourth-order valence-electron chi connectivity index (χ4n) is 2.83. The predicted octanol–water partition coefficient (Wildman–Crippen LogP) is 1.34. The number of likely N-dealkylation sites (N-methyl/N-ethyl adjacent to an activating group) is 1. The third-order valence-electron chi connectivity index (χ3n) is 4.36. The van der Waals surface area contributed by atoms with Crippen LogP contribution in [0.3, 0.4) is 0 Å². The lowest BCUT2D eigenvalue weighted by Crippen LogP contribution is -2.54. The van der Waals surface area contributed by atoms with Crippen molar-refractivity contribution in [3.63, 3.8) is 0 Å². The SMILES string of the molecule is CN1CCN(S(=O)(=O)C2CC2)CC1Cc1ccccc1. The van der Waals surface area contributed by atoms with E-state index in [0.29, 0.717) is 13.1 Å². The summed E-state index contributed by atoms with van der Waals surface area (Å²) in [4.78, 5) is 2.28. The molecule has 1 saturated heterocycles. The number of sulfonamides is 1. The van der Waals surface area contributed by atoms with Crippen molar-refractivity contribution in [3.05, 3.63) is 35.9 Å². The summed E-state index contributed by atoms with van der Waals surface area (Å²) in [7, 11) is -0.939. The Kier molecular flexibility index (Phi) is 3.84. The first kappa shape index (κ1) is 14.0. The minimum absolute atomic E-state index is 0.0942. The van der Waals surface area contributed by atoms with E-state index in [9.17, 15) is 8.42 Å². The van der Waals surface area contributed by atoms with Gasteiger partial charge in [-0.3, -0.25) is 0 Å². The lowest BCUT2D eigenvalue weighted by molar-refractivity contribution is 0.147. The van der Waals surface area contributed by atoms with E-state index in [1.54, 1.807) is 4.31 Å². The number of piperazine rings is 1. The van der Waals surface area contributed by atoms with Gasteiger partial charge in [-0.2, -0.15) is 4.31 Å². The van der Waals surface area contributed by atoms with Crippen LogP contribution in [-0.4, -0.2) is 55.6 Å². The summed E-state index contributed by atoms with van der Waals surface area (Å²) in [5.41, 5.74) is 1.27. The van der Waals surface area contributed by atoms with E-state index >= 15 is 0 Å². The molecule has 110 valence electrons. The van der Waals surface area contributed by atoms with Gasteiger partial charge in [-0.1, -0.05) is 30.3 Å². The third kappa shape index (κ3) is 2.90. The molecule has 0 amide bonds. The largest absolute Gasteiger partial charge is 0.300 e. The van der Waals surface area contributed by atoms with Crippen molar-refractivity contribution in [2.45, 2.75) is 30.6 Å². The summed E-state index contributed by atoms with van der Waals surface area (Å²) in [6.07, 6.45) is 2.60. The van der Waals surface area contributed by atoms with Crippen LogP contribution in [0.1, 0.15) is 18.4 Å². The summed E-state index contributed by atoms with van der Waals surface area (Å²) >= 11 is 0. The van der Waals surface area contributed by atoms with Crippen molar-refractivity contribution in [2.75, 3.05) is 26.7 Å². The summed E-state index contributed by atoms with van der Waals surface area (Å²) in [6, 6.07) is 10.6. The Balaban J connectivity index is 1.70. The van der Waals surface area contributed by atoms with Gasteiger partial charge in [0.15, 0.2) is 0 Å². The van der Waals surface area contributed by atoms with Gasteiger partial charge in [0.05, 0.1) is 5.25 Å². The molecule has 3 rings (SSSR count). The normalized spacial score (nSPS) is 25.8. The van der Waals surface area contributed by atoms with E-state index in [-0.39, 0.29) is 11.3 Å². The Morgan fingerprint density at radius 1 is 1.15 bits per heavy atom. The second kappa shape index (κ2) is 5.47. The average molecular weight is 294 g/mol. The lowest BCUT2D eigenvalue weighted by atomic mass is 10.0.